The second-order valence-corrected chi connectivity index (χ2v) is 10.2. The molecule has 26 heavy (non-hydrogen) atoms. The summed E-state index contributed by atoms with van der Waals surface area (Å²) < 4.78 is 28.8. The van der Waals surface area contributed by atoms with Crippen LogP contribution in [0.2, 0.25) is 0 Å². The minimum absolute atomic E-state index is 0.0160. The first-order valence-electron chi connectivity index (χ1n) is 9.60. The van der Waals surface area contributed by atoms with Crippen LogP contribution in [0, 0.1) is 0 Å². The van der Waals surface area contributed by atoms with Gasteiger partial charge in [-0.2, -0.15) is 9.40 Å². The van der Waals surface area contributed by atoms with E-state index in [2.05, 4.69) is 16.0 Å². The second-order valence-electron chi connectivity index (χ2n) is 7.93. The van der Waals surface area contributed by atoms with Gasteiger partial charge in [0.25, 0.3) is 0 Å². The van der Waals surface area contributed by atoms with Gasteiger partial charge in [-0.05, 0) is 44.6 Å². The Balaban J connectivity index is 1.42. The molecule has 3 fully saturated rings. The van der Waals surface area contributed by atoms with Crippen molar-refractivity contribution in [1.29, 1.82) is 0 Å². The summed E-state index contributed by atoms with van der Waals surface area (Å²) >= 11 is 0. The first-order chi connectivity index (χ1) is 12.5. The maximum atomic E-state index is 12.6. The van der Waals surface area contributed by atoms with Gasteiger partial charge in [-0.3, -0.25) is 0 Å². The number of likely N-dealkylation sites (N-methyl/N-ethyl adjacent to an activating group) is 1. The fourth-order valence-corrected chi connectivity index (χ4v) is 5.79. The van der Waals surface area contributed by atoms with Crippen LogP contribution in [0.1, 0.15) is 50.1 Å². The molecule has 0 spiro atoms. The highest BCUT2D eigenvalue weighted by Gasteiger charge is 2.42. The van der Waals surface area contributed by atoms with Gasteiger partial charge in [0.1, 0.15) is 5.52 Å². The third-order valence-corrected chi connectivity index (χ3v) is 8.36. The van der Waals surface area contributed by atoms with Crippen LogP contribution in [0.5, 0.6) is 0 Å². The Kier molecular flexibility index (Phi) is 3.76. The van der Waals surface area contributed by atoms with Crippen molar-refractivity contribution in [3.05, 3.63) is 24.2 Å². The van der Waals surface area contributed by atoms with Gasteiger partial charge in [-0.25, -0.2) is 17.9 Å². The average Bonchev–Trinajstić information content (AvgIpc) is 3.56. The van der Waals surface area contributed by atoms with Crippen LogP contribution in [0.15, 0.2) is 18.5 Å². The number of hydrogen-bond donors (Lipinski definition) is 0. The van der Waals surface area contributed by atoms with Crippen molar-refractivity contribution in [3.8, 4) is 0 Å². The molecule has 3 aliphatic rings. The summed E-state index contributed by atoms with van der Waals surface area (Å²) in [5.41, 5.74) is 2.18. The normalized spacial score (nSPS) is 24.5. The smallest absolute Gasteiger partial charge is 0.217 e. The van der Waals surface area contributed by atoms with Crippen LogP contribution in [-0.2, 0) is 10.0 Å². The fraction of sp³-hybridized carbons (Fsp3) is 0.667. The lowest BCUT2D eigenvalue weighted by molar-refractivity contribution is 0.319. The summed E-state index contributed by atoms with van der Waals surface area (Å²) in [5.74, 6) is 1.53. The molecule has 1 aliphatic heterocycles. The maximum Gasteiger partial charge on any atom is 0.217 e. The molecule has 0 bridgehead atoms. The van der Waals surface area contributed by atoms with Crippen molar-refractivity contribution >= 4 is 21.4 Å². The molecule has 1 saturated heterocycles. The molecule has 0 radical (unpaired) electrons. The van der Waals surface area contributed by atoms with Crippen LogP contribution < -0.4 is 4.90 Å². The van der Waals surface area contributed by atoms with Crippen LogP contribution >= 0.6 is 0 Å². The predicted octanol–water partition coefficient (Wildman–Crippen LogP) is 2.00. The summed E-state index contributed by atoms with van der Waals surface area (Å²) in [7, 11) is -1.39. The molecule has 8 heteroatoms. The number of aromatic nitrogens is 3. The van der Waals surface area contributed by atoms with Crippen molar-refractivity contribution in [2.45, 2.75) is 55.7 Å². The monoisotopic (exact) mass is 375 g/mol. The van der Waals surface area contributed by atoms with Gasteiger partial charge in [0, 0.05) is 44.5 Å². The zero-order valence-corrected chi connectivity index (χ0v) is 15.9. The Morgan fingerprint density at radius 1 is 1.19 bits per heavy atom. The standard InChI is InChI=1S/C18H25N5O2S/c1-21(26(24,25)15-6-7-15)14-3-2-9-22(12-14)18-17-11-16(13-4-5-13)20-23(17)10-8-19-18/h8,10-11,13-15H,2-7,9,12H2,1H3. The minimum Gasteiger partial charge on any atom is -0.353 e. The third kappa shape index (κ3) is 2.79. The van der Waals surface area contributed by atoms with E-state index >= 15 is 0 Å². The molecule has 1 atom stereocenters. The molecule has 2 aromatic rings. The van der Waals surface area contributed by atoms with Crippen LogP contribution in [-0.4, -0.2) is 58.8 Å². The molecular formula is C18H25N5O2S. The number of hydrogen-bond acceptors (Lipinski definition) is 5. The van der Waals surface area contributed by atoms with Gasteiger partial charge < -0.3 is 4.90 Å². The summed E-state index contributed by atoms with van der Waals surface area (Å²) in [6, 6.07) is 2.18. The van der Waals surface area contributed by atoms with Crippen LogP contribution in [0.3, 0.4) is 0 Å². The fourth-order valence-electron chi connectivity index (χ4n) is 4.00. The third-order valence-electron chi connectivity index (χ3n) is 5.94. The Morgan fingerprint density at radius 3 is 2.73 bits per heavy atom. The Labute approximate surface area is 154 Å². The van der Waals surface area contributed by atoms with Gasteiger partial charge in [-0.1, -0.05) is 0 Å². The number of fused-ring (bicyclic) bond motifs is 1. The number of rotatable bonds is 5. The SMILES string of the molecule is CN(C1CCCN(c2nccn3nc(C4CC4)cc23)C1)S(=O)(=O)C1CC1. The number of piperidine rings is 1. The molecular weight excluding hydrogens is 350 g/mol. The van der Waals surface area contributed by atoms with E-state index in [-0.39, 0.29) is 11.3 Å². The zero-order valence-electron chi connectivity index (χ0n) is 15.1. The summed E-state index contributed by atoms with van der Waals surface area (Å²) in [4.78, 5) is 6.86. The van der Waals surface area contributed by atoms with Crippen molar-refractivity contribution < 1.29 is 8.42 Å². The Morgan fingerprint density at radius 2 is 2.00 bits per heavy atom. The molecule has 2 aromatic heterocycles. The van der Waals surface area contributed by atoms with Crippen molar-refractivity contribution in [3.63, 3.8) is 0 Å². The summed E-state index contributed by atoms with van der Waals surface area (Å²) in [6.45, 7) is 1.60. The zero-order chi connectivity index (χ0) is 17.9. The van der Waals surface area contributed by atoms with Gasteiger partial charge in [0.15, 0.2) is 5.82 Å². The van der Waals surface area contributed by atoms with Gasteiger partial charge >= 0.3 is 0 Å². The number of nitrogens with zero attached hydrogens (tertiary/aromatic N) is 5. The van der Waals surface area contributed by atoms with Crippen molar-refractivity contribution in [1.82, 2.24) is 18.9 Å². The highest BCUT2D eigenvalue weighted by atomic mass is 32.2. The number of anilines is 1. The average molecular weight is 375 g/mol. The van der Waals surface area contributed by atoms with E-state index in [1.807, 2.05) is 10.7 Å². The van der Waals surface area contributed by atoms with E-state index in [1.54, 1.807) is 17.5 Å². The van der Waals surface area contributed by atoms with E-state index in [1.165, 1.54) is 12.8 Å². The first-order valence-corrected chi connectivity index (χ1v) is 11.1. The van der Waals surface area contributed by atoms with Crippen LogP contribution in [0.4, 0.5) is 5.82 Å². The molecule has 1 unspecified atom stereocenters. The van der Waals surface area contributed by atoms with Gasteiger partial charge in [0.2, 0.25) is 10.0 Å². The van der Waals surface area contributed by atoms with E-state index in [4.69, 9.17) is 5.10 Å². The molecule has 2 saturated carbocycles. The van der Waals surface area contributed by atoms with Gasteiger partial charge in [0.05, 0.1) is 10.9 Å². The largest absolute Gasteiger partial charge is 0.353 e. The van der Waals surface area contributed by atoms with Crippen molar-refractivity contribution in [2.75, 3.05) is 25.0 Å². The molecule has 140 valence electrons. The highest BCUT2D eigenvalue weighted by molar-refractivity contribution is 7.90. The lowest BCUT2D eigenvalue weighted by atomic mass is 10.1. The lowest BCUT2D eigenvalue weighted by Gasteiger charge is -2.37. The van der Waals surface area contributed by atoms with Crippen molar-refractivity contribution in [2.24, 2.45) is 0 Å². The van der Waals surface area contributed by atoms with E-state index in [0.717, 1.165) is 49.3 Å². The molecule has 3 heterocycles. The highest BCUT2D eigenvalue weighted by Crippen LogP contribution is 2.40. The quantitative estimate of drug-likeness (QED) is 0.799. The molecule has 7 nitrogen and oxygen atoms in total. The van der Waals surface area contributed by atoms with E-state index in [9.17, 15) is 8.42 Å². The maximum absolute atomic E-state index is 12.6. The van der Waals surface area contributed by atoms with E-state index in [0.29, 0.717) is 12.5 Å². The first kappa shape index (κ1) is 16.5. The summed E-state index contributed by atoms with van der Waals surface area (Å²) in [5, 5.41) is 4.55. The van der Waals surface area contributed by atoms with Gasteiger partial charge in [-0.15, -0.1) is 0 Å². The molecule has 5 rings (SSSR count). The second kappa shape index (κ2) is 5.92. The number of sulfonamides is 1. The predicted molar refractivity (Wildman–Crippen MR) is 99.9 cm³/mol. The molecule has 0 N–H and O–H groups in total. The Bertz CT molecular complexity index is 932. The Hall–Kier alpha value is -1.67. The minimum atomic E-state index is -3.14. The van der Waals surface area contributed by atoms with Crippen LogP contribution in [0.25, 0.3) is 5.52 Å². The topological polar surface area (TPSA) is 70.8 Å². The van der Waals surface area contributed by atoms with E-state index < -0.39 is 10.0 Å². The molecule has 2 aliphatic carbocycles. The summed E-state index contributed by atoms with van der Waals surface area (Å²) in [6.07, 6.45) is 9.64. The lowest BCUT2D eigenvalue weighted by Crippen LogP contribution is -2.49. The molecule has 0 aromatic carbocycles. The molecule has 0 amide bonds.